The summed E-state index contributed by atoms with van der Waals surface area (Å²) < 4.78 is 0. The number of nitrogens with one attached hydrogen (secondary N) is 1. The van der Waals surface area contributed by atoms with E-state index in [1.807, 2.05) is 18.3 Å². The number of aromatic amines is 1. The molecule has 5 nitrogen and oxygen atoms in total. The molecule has 2 bridgehead atoms. The summed E-state index contributed by atoms with van der Waals surface area (Å²) in [4.78, 5) is 32.7. The number of piperidine rings is 3. The standard InChI is InChI=1S/C22H27N3O2/c26-21(9-8-16-11-23-19-5-2-1-4-18(16)19)24-12-15-10-17(14-24)20-6-3-7-22(27)25(20)13-15/h1-2,4-5,11,15,17,20,23H,3,6-10,12-14H2/t15-,17-,20-/m1/s1. The molecule has 142 valence electrons. The number of likely N-dealkylation sites (tertiary alicyclic amines) is 1. The highest BCUT2D eigenvalue weighted by Gasteiger charge is 2.44. The third kappa shape index (κ3) is 3.03. The molecule has 0 saturated carbocycles. The third-order valence-electron chi connectivity index (χ3n) is 6.82. The first kappa shape index (κ1) is 16.8. The Balaban J connectivity index is 1.24. The summed E-state index contributed by atoms with van der Waals surface area (Å²) in [7, 11) is 0. The SMILES string of the molecule is O=C(CCc1c[nH]c2ccccc12)N1C[C@H]2C[C@H](C1)[C@H]1CCCC(=O)N1C2. The second-order valence-corrected chi connectivity index (χ2v) is 8.53. The fourth-order valence-corrected chi connectivity index (χ4v) is 5.55. The Bertz CT molecular complexity index is 873. The molecule has 3 atom stereocenters. The molecule has 1 aromatic heterocycles. The van der Waals surface area contributed by atoms with E-state index in [-0.39, 0.29) is 5.91 Å². The zero-order valence-corrected chi connectivity index (χ0v) is 15.7. The van der Waals surface area contributed by atoms with Crippen LogP contribution in [0.2, 0.25) is 0 Å². The third-order valence-corrected chi connectivity index (χ3v) is 6.82. The van der Waals surface area contributed by atoms with Gasteiger partial charge in [-0.1, -0.05) is 18.2 Å². The molecule has 4 heterocycles. The van der Waals surface area contributed by atoms with Gasteiger partial charge in [0.2, 0.25) is 11.8 Å². The monoisotopic (exact) mass is 365 g/mol. The van der Waals surface area contributed by atoms with Crippen molar-refractivity contribution < 1.29 is 9.59 Å². The van der Waals surface area contributed by atoms with Crippen molar-refractivity contribution in [3.8, 4) is 0 Å². The van der Waals surface area contributed by atoms with Crippen molar-refractivity contribution in [2.45, 2.75) is 44.6 Å². The highest BCUT2D eigenvalue weighted by atomic mass is 16.2. The second-order valence-electron chi connectivity index (χ2n) is 8.53. The first-order valence-corrected chi connectivity index (χ1v) is 10.3. The molecule has 0 radical (unpaired) electrons. The molecule has 3 aliphatic heterocycles. The van der Waals surface area contributed by atoms with Crippen LogP contribution < -0.4 is 0 Å². The lowest BCUT2D eigenvalue weighted by molar-refractivity contribution is -0.148. The Kier molecular flexibility index (Phi) is 4.18. The van der Waals surface area contributed by atoms with Gasteiger partial charge in [-0.15, -0.1) is 0 Å². The van der Waals surface area contributed by atoms with Crippen LogP contribution in [0.1, 0.15) is 37.7 Å². The molecule has 27 heavy (non-hydrogen) atoms. The Morgan fingerprint density at radius 3 is 3.00 bits per heavy atom. The van der Waals surface area contributed by atoms with Crippen LogP contribution in [0.25, 0.3) is 10.9 Å². The summed E-state index contributed by atoms with van der Waals surface area (Å²) >= 11 is 0. The van der Waals surface area contributed by atoms with Crippen molar-refractivity contribution in [3.63, 3.8) is 0 Å². The summed E-state index contributed by atoms with van der Waals surface area (Å²) in [5, 5.41) is 1.22. The van der Waals surface area contributed by atoms with E-state index in [1.165, 1.54) is 17.4 Å². The predicted molar refractivity (Wildman–Crippen MR) is 104 cm³/mol. The fraction of sp³-hybridized carbons (Fsp3) is 0.545. The molecular weight excluding hydrogens is 338 g/mol. The van der Waals surface area contributed by atoms with E-state index in [1.54, 1.807) is 0 Å². The van der Waals surface area contributed by atoms with E-state index in [2.05, 4.69) is 26.9 Å². The van der Waals surface area contributed by atoms with Gasteiger partial charge in [-0.05, 0) is 49.1 Å². The number of hydrogen-bond donors (Lipinski definition) is 1. The number of hydrogen-bond acceptors (Lipinski definition) is 2. The van der Waals surface area contributed by atoms with E-state index in [0.29, 0.717) is 36.6 Å². The average Bonchev–Trinajstić information content (AvgIpc) is 3.10. The number of benzene rings is 1. The van der Waals surface area contributed by atoms with E-state index in [9.17, 15) is 9.59 Å². The molecule has 5 rings (SSSR count). The highest BCUT2D eigenvalue weighted by molar-refractivity contribution is 5.84. The molecule has 2 amide bonds. The maximum Gasteiger partial charge on any atom is 0.222 e. The Labute approximate surface area is 159 Å². The molecule has 3 saturated heterocycles. The van der Waals surface area contributed by atoms with Crippen molar-refractivity contribution in [2.75, 3.05) is 19.6 Å². The molecule has 1 N–H and O–H groups in total. The van der Waals surface area contributed by atoms with E-state index in [0.717, 1.165) is 44.4 Å². The van der Waals surface area contributed by atoms with E-state index >= 15 is 0 Å². The van der Waals surface area contributed by atoms with Crippen LogP contribution in [0.5, 0.6) is 0 Å². The second kappa shape index (κ2) is 6.70. The number of carbonyl (C=O) groups excluding carboxylic acids is 2. The van der Waals surface area contributed by atoms with Gasteiger partial charge in [-0.25, -0.2) is 0 Å². The lowest BCUT2D eigenvalue weighted by atomic mass is 9.76. The van der Waals surface area contributed by atoms with Crippen LogP contribution in [0, 0.1) is 11.8 Å². The minimum Gasteiger partial charge on any atom is -0.361 e. The van der Waals surface area contributed by atoms with Crippen LogP contribution in [0.15, 0.2) is 30.5 Å². The summed E-state index contributed by atoms with van der Waals surface area (Å²) in [5.74, 6) is 1.53. The van der Waals surface area contributed by atoms with Crippen LogP contribution in [0.3, 0.4) is 0 Å². The first-order valence-electron chi connectivity index (χ1n) is 10.3. The van der Waals surface area contributed by atoms with Crippen molar-refractivity contribution in [1.82, 2.24) is 14.8 Å². The highest BCUT2D eigenvalue weighted by Crippen LogP contribution is 2.38. The number of carbonyl (C=O) groups is 2. The Morgan fingerprint density at radius 2 is 2.07 bits per heavy atom. The van der Waals surface area contributed by atoms with Gasteiger partial charge in [0.1, 0.15) is 0 Å². The maximum absolute atomic E-state index is 12.9. The van der Waals surface area contributed by atoms with Crippen molar-refractivity contribution in [3.05, 3.63) is 36.0 Å². The number of H-pyrrole nitrogens is 1. The Morgan fingerprint density at radius 1 is 1.19 bits per heavy atom. The number of para-hydroxylation sites is 1. The number of amides is 2. The van der Waals surface area contributed by atoms with Gasteiger partial charge < -0.3 is 14.8 Å². The molecule has 5 heteroatoms. The van der Waals surface area contributed by atoms with Gasteiger partial charge in [0.25, 0.3) is 0 Å². The largest absolute Gasteiger partial charge is 0.361 e. The smallest absolute Gasteiger partial charge is 0.222 e. The van der Waals surface area contributed by atoms with Gasteiger partial charge >= 0.3 is 0 Å². The fourth-order valence-electron chi connectivity index (χ4n) is 5.55. The number of aryl methyl sites for hydroxylation is 1. The van der Waals surface area contributed by atoms with Crippen molar-refractivity contribution >= 4 is 22.7 Å². The van der Waals surface area contributed by atoms with Gasteiger partial charge in [-0.3, -0.25) is 9.59 Å². The molecule has 0 spiro atoms. The van der Waals surface area contributed by atoms with Crippen LogP contribution in [0.4, 0.5) is 0 Å². The number of rotatable bonds is 3. The number of aromatic nitrogens is 1. The predicted octanol–water partition coefficient (Wildman–Crippen LogP) is 2.96. The molecule has 3 aliphatic rings. The summed E-state index contributed by atoms with van der Waals surface area (Å²) in [5.41, 5.74) is 2.36. The number of nitrogens with zero attached hydrogens (tertiary/aromatic N) is 2. The lowest BCUT2D eigenvalue weighted by Crippen LogP contribution is -2.61. The van der Waals surface area contributed by atoms with Crippen LogP contribution in [-0.4, -0.2) is 52.3 Å². The quantitative estimate of drug-likeness (QED) is 0.909. The molecule has 0 unspecified atom stereocenters. The molecule has 3 fully saturated rings. The Hall–Kier alpha value is -2.30. The van der Waals surface area contributed by atoms with Crippen molar-refractivity contribution in [2.24, 2.45) is 11.8 Å². The van der Waals surface area contributed by atoms with E-state index < -0.39 is 0 Å². The summed E-state index contributed by atoms with van der Waals surface area (Å²) in [6.07, 6.45) is 7.39. The lowest BCUT2D eigenvalue weighted by Gasteiger charge is -2.52. The zero-order chi connectivity index (χ0) is 18.4. The summed E-state index contributed by atoms with van der Waals surface area (Å²) in [6.45, 7) is 2.50. The number of fused-ring (bicyclic) bond motifs is 5. The maximum atomic E-state index is 12.9. The molecule has 1 aromatic carbocycles. The van der Waals surface area contributed by atoms with Gasteiger partial charge in [0.15, 0.2) is 0 Å². The minimum absolute atomic E-state index is 0.269. The average molecular weight is 365 g/mol. The normalized spacial score (nSPS) is 27.7. The topological polar surface area (TPSA) is 56.4 Å². The van der Waals surface area contributed by atoms with Crippen molar-refractivity contribution in [1.29, 1.82) is 0 Å². The van der Waals surface area contributed by atoms with Crippen LogP contribution >= 0.6 is 0 Å². The van der Waals surface area contributed by atoms with Gasteiger partial charge in [-0.2, -0.15) is 0 Å². The van der Waals surface area contributed by atoms with Gasteiger partial charge in [0, 0.05) is 55.6 Å². The van der Waals surface area contributed by atoms with Gasteiger partial charge in [0.05, 0.1) is 0 Å². The molecule has 2 aromatic rings. The summed E-state index contributed by atoms with van der Waals surface area (Å²) in [6, 6.07) is 8.63. The minimum atomic E-state index is 0.269. The first-order chi connectivity index (χ1) is 13.2. The van der Waals surface area contributed by atoms with E-state index in [4.69, 9.17) is 0 Å². The zero-order valence-electron chi connectivity index (χ0n) is 15.7. The van der Waals surface area contributed by atoms with Crippen LogP contribution in [-0.2, 0) is 16.0 Å². The molecule has 0 aliphatic carbocycles. The molecular formula is C22H27N3O2.